The van der Waals surface area contributed by atoms with Crippen LogP contribution >= 0.6 is 0 Å². The highest BCUT2D eigenvalue weighted by Gasteiger charge is 2.43. The topological polar surface area (TPSA) is 80.0 Å². The highest BCUT2D eigenvalue weighted by molar-refractivity contribution is 5.87. The number of aryl methyl sites for hydroxylation is 4. The van der Waals surface area contributed by atoms with Gasteiger partial charge in [0.2, 0.25) is 5.91 Å². The number of benzene rings is 2. The van der Waals surface area contributed by atoms with Crippen LogP contribution in [0.15, 0.2) is 39.5 Å². The van der Waals surface area contributed by atoms with Crippen LogP contribution in [0, 0.1) is 33.6 Å². The maximum absolute atomic E-state index is 13.2. The first-order valence-corrected chi connectivity index (χ1v) is 13.4. The lowest BCUT2D eigenvalue weighted by Crippen LogP contribution is -2.55. The van der Waals surface area contributed by atoms with Crippen molar-refractivity contribution in [2.75, 3.05) is 13.1 Å². The standard InChI is InChI=1S/C31H37NO5/c1-19-8-9-20(2)23(15-19)18-36-27-11-10-25-21(3)26(30(34)37-29(25)22(27)4)16-28(33)32-14-13-31(35)12-6-5-7-24(31)17-32/h8-11,15,24,35H,5-7,12-14,16-18H2,1-4H3/t24-,31+/m0/s1. The molecule has 6 heteroatoms. The summed E-state index contributed by atoms with van der Waals surface area (Å²) in [6, 6.07) is 10.1. The molecule has 0 spiro atoms. The summed E-state index contributed by atoms with van der Waals surface area (Å²) in [5.74, 6) is 0.721. The molecule has 2 heterocycles. The summed E-state index contributed by atoms with van der Waals surface area (Å²) >= 11 is 0. The molecule has 0 bridgehead atoms. The molecule has 1 aliphatic carbocycles. The zero-order valence-corrected chi connectivity index (χ0v) is 22.4. The lowest BCUT2D eigenvalue weighted by atomic mass is 9.71. The molecule has 1 N–H and O–H groups in total. The molecule has 2 fully saturated rings. The number of hydrogen-bond acceptors (Lipinski definition) is 5. The average molecular weight is 504 g/mol. The quantitative estimate of drug-likeness (QED) is 0.478. The zero-order chi connectivity index (χ0) is 26.3. The number of carbonyl (C=O) groups excluding carboxylic acids is 1. The molecule has 0 radical (unpaired) electrons. The second kappa shape index (κ2) is 9.97. The van der Waals surface area contributed by atoms with E-state index in [-0.39, 0.29) is 18.2 Å². The Hall–Kier alpha value is -3.12. The van der Waals surface area contributed by atoms with Gasteiger partial charge in [-0.1, -0.05) is 36.6 Å². The van der Waals surface area contributed by atoms with Gasteiger partial charge in [0.15, 0.2) is 0 Å². The average Bonchev–Trinajstić information content (AvgIpc) is 2.87. The normalized spacial score (nSPS) is 21.6. The Balaban J connectivity index is 1.35. The molecular formula is C31H37NO5. The molecule has 2 atom stereocenters. The summed E-state index contributed by atoms with van der Waals surface area (Å²) in [4.78, 5) is 28.1. The first kappa shape index (κ1) is 25.5. The number of rotatable bonds is 5. The molecule has 1 amide bonds. The van der Waals surface area contributed by atoms with E-state index in [4.69, 9.17) is 9.15 Å². The van der Waals surface area contributed by atoms with Gasteiger partial charge in [-0.15, -0.1) is 0 Å². The molecule has 2 aliphatic rings. The summed E-state index contributed by atoms with van der Waals surface area (Å²) in [5.41, 5.74) is 4.82. The number of piperidine rings is 1. The van der Waals surface area contributed by atoms with E-state index in [1.165, 1.54) is 11.1 Å². The predicted octanol–water partition coefficient (Wildman–Crippen LogP) is 5.30. The third-order valence-electron chi connectivity index (χ3n) is 8.65. The first-order valence-electron chi connectivity index (χ1n) is 13.4. The molecule has 1 aromatic heterocycles. The largest absolute Gasteiger partial charge is 0.488 e. The van der Waals surface area contributed by atoms with E-state index in [2.05, 4.69) is 32.0 Å². The van der Waals surface area contributed by atoms with Gasteiger partial charge in [-0.25, -0.2) is 4.79 Å². The van der Waals surface area contributed by atoms with Crippen LogP contribution in [0.3, 0.4) is 0 Å². The van der Waals surface area contributed by atoms with Crippen molar-refractivity contribution >= 4 is 16.9 Å². The highest BCUT2D eigenvalue weighted by atomic mass is 16.5. The SMILES string of the molecule is Cc1ccc(C)c(COc2ccc3c(C)c(CC(=O)N4CC[C@]5(O)CCCC[C@H]5C4)c(=O)oc3c2C)c1. The number of nitrogens with zero attached hydrogens (tertiary/aromatic N) is 1. The van der Waals surface area contributed by atoms with Crippen molar-refractivity contribution in [3.8, 4) is 5.75 Å². The Morgan fingerprint density at radius 3 is 2.73 bits per heavy atom. The van der Waals surface area contributed by atoms with Crippen LogP contribution in [0.25, 0.3) is 11.0 Å². The Morgan fingerprint density at radius 1 is 1.11 bits per heavy atom. The molecule has 0 unspecified atom stereocenters. The zero-order valence-electron chi connectivity index (χ0n) is 22.4. The number of aliphatic hydroxyl groups is 1. The van der Waals surface area contributed by atoms with Gasteiger partial charge >= 0.3 is 5.63 Å². The molecule has 1 saturated heterocycles. The fourth-order valence-corrected chi connectivity index (χ4v) is 6.10. The minimum absolute atomic E-state index is 0.0131. The van der Waals surface area contributed by atoms with Gasteiger partial charge in [0.05, 0.1) is 17.6 Å². The molecule has 5 rings (SSSR count). The van der Waals surface area contributed by atoms with Gasteiger partial charge in [-0.05, 0) is 75.8 Å². The number of ether oxygens (including phenoxy) is 1. The van der Waals surface area contributed by atoms with Crippen molar-refractivity contribution < 1.29 is 19.1 Å². The summed E-state index contributed by atoms with van der Waals surface area (Å²) in [7, 11) is 0. The Bertz CT molecular complexity index is 1410. The van der Waals surface area contributed by atoms with Crippen molar-refractivity contribution in [3.05, 3.63) is 74.1 Å². The summed E-state index contributed by atoms with van der Waals surface area (Å²) in [6.45, 7) is 9.43. The predicted molar refractivity (Wildman–Crippen MR) is 144 cm³/mol. The lowest BCUT2D eigenvalue weighted by Gasteiger charge is -2.47. The van der Waals surface area contributed by atoms with Crippen molar-refractivity contribution in [2.45, 2.75) is 78.4 Å². The van der Waals surface area contributed by atoms with Crippen molar-refractivity contribution in [1.82, 2.24) is 4.90 Å². The van der Waals surface area contributed by atoms with Gasteiger partial charge in [0, 0.05) is 30.0 Å². The summed E-state index contributed by atoms with van der Waals surface area (Å²) < 4.78 is 11.9. The second-order valence-corrected chi connectivity index (χ2v) is 11.1. The molecule has 1 saturated carbocycles. The van der Waals surface area contributed by atoms with Crippen molar-refractivity contribution in [2.24, 2.45) is 5.92 Å². The maximum Gasteiger partial charge on any atom is 0.340 e. The van der Waals surface area contributed by atoms with E-state index in [0.29, 0.717) is 43.0 Å². The maximum atomic E-state index is 13.2. The Morgan fingerprint density at radius 2 is 1.92 bits per heavy atom. The van der Waals surface area contributed by atoms with E-state index in [1.807, 2.05) is 30.9 Å². The van der Waals surface area contributed by atoms with E-state index in [1.54, 1.807) is 0 Å². The van der Waals surface area contributed by atoms with Crippen LogP contribution in [0.1, 0.15) is 65.5 Å². The van der Waals surface area contributed by atoms with Crippen LogP contribution in [0.5, 0.6) is 5.75 Å². The third-order valence-corrected chi connectivity index (χ3v) is 8.65. The van der Waals surface area contributed by atoms with Crippen LogP contribution < -0.4 is 10.4 Å². The number of carbonyl (C=O) groups is 1. The van der Waals surface area contributed by atoms with Crippen LogP contribution in [0.2, 0.25) is 0 Å². The minimum Gasteiger partial charge on any atom is -0.488 e. The Labute approximate surface area is 218 Å². The first-order chi connectivity index (χ1) is 17.7. The summed E-state index contributed by atoms with van der Waals surface area (Å²) in [5, 5.41) is 11.8. The third kappa shape index (κ3) is 4.91. The molecule has 37 heavy (non-hydrogen) atoms. The van der Waals surface area contributed by atoms with E-state index < -0.39 is 11.2 Å². The van der Waals surface area contributed by atoms with Crippen molar-refractivity contribution in [1.29, 1.82) is 0 Å². The Kier molecular flexibility index (Phi) is 6.88. The lowest BCUT2D eigenvalue weighted by molar-refractivity contribution is -0.142. The molecule has 2 aromatic carbocycles. The number of fused-ring (bicyclic) bond motifs is 2. The monoisotopic (exact) mass is 503 g/mol. The smallest absolute Gasteiger partial charge is 0.340 e. The van der Waals surface area contributed by atoms with Gasteiger partial charge in [-0.3, -0.25) is 4.79 Å². The highest BCUT2D eigenvalue weighted by Crippen LogP contribution is 2.40. The molecule has 196 valence electrons. The number of hydrogen-bond donors (Lipinski definition) is 1. The molecule has 1 aliphatic heterocycles. The van der Waals surface area contributed by atoms with Gasteiger partial charge < -0.3 is 19.2 Å². The number of amides is 1. The van der Waals surface area contributed by atoms with Crippen LogP contribution in [-0.2, 0) is 17.8 Å². The number of likely N-dealkylation sites (tertiary alicyclic amines) is 1. The molecule has 6 nitrogen and oxygen atoms in total. The van der Waals surface area contributed by atoms with E-state index >= 15 is 0 Å². The molecular weight excluding hydrogens is 466 g/mol. The van der Waals surface area contributed by atoms with E-state index in [9.17, 15) is 14.7 Å². The van der Waals surface area contributed by atoms with Crippen molar-refractivity contribution in [3.63, 3.8) is 0 Å². The van der Waals surface area contributed by atoms with Crippen LogP contribution in [0.4, 0.5) is 0 Å². The fraction of sp³-hybridized carbons (Fsp3) is 0.484. The van der Waals surface area contributed by atoms with Crippen LogP contribution in [-0.4, -0.2) is 34.6 Å². The molecule has 3 aromatic rings. The minimum atomic E-state index is -0.637. The van der Waals surface area contributed by atoms with Gasteiger partial charge in [-0.2, -0.15) is 0 Å². The summed E-state index contributed by atoms with van der Waals surface area (Å²) in [6.07, 6.45) is 4.54. The second-order valence-electron chi connectivity index (χ2n) is 11.1. The van der Waals surface area contributed by atoms with E-state index in [0.717, 1.165) is 47.8 Å². The fourth-order valence-electron chi connectivity index (χ4n) is 6.10. The van der Waals surface area contributed by atoms with Gasteiger partial charge in [0.25, 0.3) is 0 Å². The van der Waals surface area contributed by atoms with Gasteiger partial charge in [0.1, 0.15) is 17.9 Å².